The zero-order valence-electron chi connectivity index (χ0n) is 13.6. The van der Waals surface area contributed by atoms with E-state index >= 15 is 0 Å². The Morgan fingerprint density at radius 1 is 1.30 bits per heavy atom. The fourth-order valence-corrected chi connectivity index (χ4v) is 3.22. The summed E-state index contributed by atoms with van der Waals surface area (Å²) < 4.78 is 0. The lowest BCUT2D eigenvalue weighted by atomic mass is 9.92. The number of unbranched alkanes of at least 4 members (excludes halogenated alkanes) is 3. The molecule has 1 rings (SSSR count). The van der Waals surface area contributed by atoms with Gasteiger partial charge in [-0.25, -0.2) is 0 Å². The molecule has 1 saturated heterocycles. The van der Waals surface area contributed by atoms with Crippen molar-refractivity contribution in [3.05, 3.63) is 0 Å². The first kappa shape index (κ1) is 17.4. The molecule has 4 nitrogen and oxygen atoms in total. The van der Waals surface area contributed by atoms with E-state index in [-0.39, 0.29) is 0 Å². The number of likely N-dealkylation sites (tertiary alicyclic amines) is 1. The smallest absolute Gasteiger partial charge is 0.222 e. The molecule has 118 valence electrons. The van der Waals surface area contributed by atoms with Crippen LogP contribution < -0.4 is 5.73 Å². The van der Waals surface area contributed by atoms with E-state index < -0.39 is 0 Å². The summed E-state index contributed by atoms with van der Waals surface area (Å²) in [5.74, 6) is 0.898. The minimum Gasteiger partial charge on any atom is -0.342 e. The van der Waals surface area contributed by atoms with E-state index in [1.165, 1.54) is 0 Å². The molecule has 0 aromatic heterocycles. The Bertz CT molecular complexity index is 283. The first-order chi connectivity index (χ1) is 9.60. The normalized spacial score (nSPS) is 23.8. The summed E-state index contributed by atoms with van der Waals surface area (Å²) >= 11 is 0. The molecule has 1 aliphatic heterocycles. The molecule has 0 saturated carbocycles. The molecule has 2 N–H and O–H groups in total. The molecule has 4 heteroatoms. The number of piperidine rings is 1. The Morgan fingerprint density at radius 2 is 2.00 bits per heavy atom. The van der Waals surface area contributed by atoms with Crippen LogP contribution in [0.5, 0.6) is 0 Å². The van der Waals surface area contributed by atoms with Gasteiger partial charge >= 0.3 is 0 Å². The van der Waals surface area contributed by atoms with Gasteiger partial charge in [0.2, 0.25) is 5.91 Å². The Labute approximate surface area is 124 Å². The summed E-state index contributed by atoms with van der Waals surface area (Å²) in [6.07, 6.45) is 6.17. The highest BCUT2D eigenvalue weighted by molar-refractivity contribution is 5.76. The highest BCUT2D eigenvalue weighted by atomic mass is 16.2. The van der Waals surface area contributed by atoms with Gasteiger partial charge < -0.3 is 15.5 Å². The van der Waals surface area contributed by atoms with Gasteiger partial charge in [0.15, 0.2) is 0 Å². The summed E-state index contributed by atoms with van der Waals surface area (Å²) in [7, 11) is 1.99. The maximum Gasteiger partial charge on any atom is 0.222 e. The minimum atomic E-state index is 0.319. The zero-order chi connectivity index (χ0) is 15.0. The van der Waals surface area contributed by atoms with Gasteiger partial charge in [0.05, 0.1) is 0 Å². The zero-order valence-corrected chi connectivity index (χ0v) is 13.6. The topological polar surface area (TPSA) is 49.6 Å². The van der Waals surface area contributed by atoms with Crippen molar-refractivity contribution in [2.75, 3.05) is 33.2 Å². The van der Waals surface area contributed by atoms with E-state index in [4.69, 9.17) is 5.73 Å². The van der Waals surface area contributed by atoms with Crippen molar-refractivity contribution in [2.24, 2.45) is 11.7 Å². The summed E-state index contributed by atoms with van der Waals surface area (Å²) in [5.41, 5.74) is 5.48. The van der Waals surface area contributed by atoms with E-state index in [2.05, 4.69) is 18.7 Å². The average molecular weight is 283 g/mol. The van der Waals surface area contributed by atoms with E-state index in [0.29, 0.717) is 24.3 Å². The monoisotopic (exact) mass is 283 g/mol. The third kappa shape index (κ3) is 5.41. The molecule has 1 aliphatic rings. The van der Waals surface area contributed by atoms with Gasteiger partial charge in [0.25, 0.3) is 0 Å². The van der Waals surface area contributed by atoms with Crippen molar-refractivity contribution in [3.63, 3.8) is 0 Å². The third-order valence-corrected chi connectivity index (χ3v) is 4.63. The van der Waals surface area contributed by atoms with E-state index in [1.54, 1.807) is 0 Å². The number of hydrogen-bond donors (Lipinski definition) is 1. The molecule has 2 unspecified atom stereocenters. The largest absolute Gasteiger partial charge is 0.342 e. The summed E-state index contributed by atoms with van der Waals surface area (Å²) in [4.78, 5) is 16.8. The molecular formula is C16H33N3O. The molecule has 1 heterocycles. The van der Waals surface area contributed by atoms with Crippen LogP contribution in [0.4, 0.5) is 0 Å². The Morgan fingerprint density at radius 3 is 2.60 bits per heavy atom. The third-order valence-electron chi connectivity index (χ3n) is 4.63. The second-order valence-corrected chi connectivity index (χ2v) is 6.18. The Balaban J connectivity index is 2.29. The quantitative estimate of drug-likeness (QED) is 0.694. The molecule has 2 atom stereocenters. The van der Waals surface area contributed by atoms with Gasteiger partial charge in [-0.15, -0.1) is 0 Å². The van der Waals surface area contributed by atoms with E-state index in [1.807, 2.05) is 11.9 Å². The molecule has 0 aromatic carbocycles. The van der Waals surface area contributed by atoms with Crippen LogP contribution in [0.3, 0.4) is 0 Å². The fourth-order valence-electron chi connectivity index (χ4n) is 3.22. The standard InChI is InChI=1S/C16H33N3O/c1-4-19-12-10-15(14(2)13-19)18(3)16(20)9-7-5-6-8-11-17/h14-15H,4-13,17H2,1-3H3. The second-order valence-electron chi connectivity index (χ2n) is 6.18. The second kappa shape index (κ2) is 9.35. The van der Waals surface area contributed by atoms with Gasteiger partial charge in [0, 0.05) is 32.6 Å². The highest BCUT2D eigenvalue weighted by Gasteiger charge is 2.30. The van der Waals surface area contributed by atoms with Crippen molar-refractivity contribution in [3.8, 4) is 0 Å². The predicted octanol–water partition coefficient (Wildman–Crippen LogP) is 2.08. The molecule has 1 amide bonds. The highest BCUT2D eigenvalue weighted by Crippen LogP contribution is 2.22. The minimum absolute atomic E-state index is 0.319. The summed E-state index contributed by atoms with van der Waals surface area (Å²) in [6.45, 7) is 8.62. The van der Waals surface area contributed by atoms with Crippen molar-refractivity contribution < 1.29 is 4.79 Å². The SMILES string of the molecule is CCN1CCC(N(C)C(=O)CCCCCCN)C(C)C1. The van der Waals surface area contributed by atoms with E-state index in [9.17, 15) is 4.79 Å². The molecule has 20 heavy (non-hydrogen) atoms. The van der Waals surface area contributed by atoms with Crippen LogP contribution in [-0.2, 0) is 4.79 Å². The number of amides is 1. The van der Waals surface area contributed by atoms with Crippen LogP contribution in [-0.4, -0.2) is 55.0 Å². The van der Waals surface area contributed by atoms with Gasteiger partial charge in [-0.1, -0.05) is 26.7 Å². The van der Waals surface area contributed by atoms with Crippen molar-refractivity contribution in [1.82, 2.24) is 9.80 Å². The predicted molar refractivity (Wildman–Crippen MR) is 84.6 cm³/mol. The number of carbonyl (C=O) groups is 1. The fraction of sp³-hybridized carbons (Fsp3) is 0.938. The summed E-state index contributed by atoms with van der Waals surface area (Å²) in [6, 6.07) is 0.425. The molecule has 0 aliphatic carbocycles. The molecule has 0 aromatic rings. The molecule has 0 bridgehead atoms. The Kier molecular flexibility index (Phi) is 8.15. The van der Waals surface area contributed by atoms with Crippen molar-refractivity contribution in [1.29, 1.82) is 0 Å². The van der Waals surface area contributed by atoms with Crippen LogP contribution in [0.15, 0.2) is 0 Å². The number of nitrogens with zero attached hydrogens (tertiary/aromatic N) is 2. The Hall–Kier alpha value is -0.610. The van der Waals surface area contributed by atoms with Crippen molar-refractivity contribution in [2.45, 2.75) is 58.4 Å². The maximum atomic E-state index is 12.3. The lowest BCUT2D eigenvalue weighted by Gasteiger charge is -2.41. The van der Waals surface area contributed by atoms with Gasteiger partial charge in [-0.05, 0) is 38.3 Å². The van der Waals surface area contributed by atoms with Crippen LogP contribution in [0, 0.1) is 5.92 Å². The molecule has 0 spiro atoms. The lowest BCUT2D eigenvalue weighted by molar-refractivity contribution is -0.134. The maximum absolute atomic E-state index is 12.3. The van der Waals surface area contributed by atoms with Crippen LogP contribution in [0.1, 0.15) is 52.4 Å². The number of hydrogen-bond acceptors (Lipinski definition) is 3. The summed E-state index contributed by atoms with van der Waals surface area (Å²) in [5, 5.41) is 0. The van der Waals surface area contributed by atoms with Crippen LogP contribution >= 0.6 is 0 Å². The van der Waals surface area contributed by atoms with Gasteiger partial charge in [0.1, 0.15) is 0 Å². The molecule has 0 radical (unpaired) electrons. The number of nitrogens with two attached hydrogens (primary N) is 1. The number of rotatable bonds is 8. The van der Waals surface area contributed by atoms with Gasteiger partial charge in [-0.3, -0.25) is 4.79 Å². The van der Waals surface area contributed by atoms with E-state index in [0.717, 1.165) is 58.3 Å². The lowest BCUT2D eigenvalue weighted by Crippen LogP contribution is -2.50. The van der Waals surface area contributed by atoms with Crippen LogP contribution in [0.25, 0.3) is 0 Å². The molecule has 1 fully saturated rings. The van der Waals surface area contributed by atoms with Crippen molar-refractivity contribution >= 4 is 5.91 Å². The van der Waals surface area contributed by atoms with Crippen LogP contribution in [0.2, 0.25) is 0 Å². The first-order valence-electron chi connectivity index (χ1n) is 8.28. The first-order valence-corrected chi connectivity index (χ1v) is 8.28. The van der Waals surface area contributed by atoms with Gasteiger partial charge in [-0.2, -0.15) is 0 Å². The average Bonchev–Trinajstić information content (AvgIpc) is 2.46. The number of carbonyl (C=O) groups excluding carboxylic acids is 1. The molecular weight excluding hydrogens is 250 g/mol.